The average Bonchev–Trinajstić information content (AvgIpc) is 2.33. The summed E-state index contributed by atoms with van der Waals surface area (Å²) in [6.07, 6.45) is 5.36. The Morgan fingerprint density at radius 2 is 2.05 bits per heavy atom. The SMILES string of the molecule is CC(C)(C)CNC(=O)c1cncc(/C=C/C(=O)O)c1. The van der Waals surface area contributed by atoms with E-state index in [1.54, 1.807) is 6.07 Å². The van der Waals surface area contributed by atoms with Crippen LogP contribution in [-0.4, -0.2) is 28.5 Å². The van der Waals surface area contributed by atoms with Gasteiger partial charge >= 0.3 is 5.97 Å². The molecule has 0 atom stereocenters. The minimum absolute atomic E-state index is 0.00388. The topological polar surface area (TPSA) is 79.3 Å². The molecule has 0 aromatic carbocycles. The molecule has 0 aliphatic carbocycles. The Kier molecular flexibility index (Phi) is 4.80. The molecule has 1 rings (SSSR count). The smallest absolute Gasteiger partial charge is 0.328 e. The van der Waals surface area contributed by atoms with E-state index in [4.69, 9.17) is 5.11 Å². The van der Waals surface area contributed by atoms with Crippen molar-refractivity contribution in [2.24, 2.45) is 5.41 Å². The molecule has 0 unspecified atom stereocenters. The van der Waals surface area contributed by atoms with Crippen LogP contribution in [0.2, 0.25) is 0 Å². The molecule has 102 valence electrons. The van der Waals surface area contributed by atoms with Gasteiger partial charge in [0, 0.05) is 25.0 Å². The van der Waals surface area contributed by atoms with Gasteiger partial charge in [-0.2, -0.15) is 0 Å². The fourth-order valence-corrected chi connectivity index (χ4v) is 1.29. The Bertz CT molecular complexity index is 502. The molecule has 0 saturated carbocycles. The molecule has 1 amide bonds. The van der Waals surface area contributed by atoms with Crippen LogP contribution in [0.3, 0.4) is 0 Å². The van der Waals surface area contributed by atoms with Crippen molar-refractivity contribution in [3.05, 3.63) is 35.7 Å². The Morgan fingerprint density at radius 1 is 1.37 bits per heavy atom. The molecular formula is C14H18N2O3. The molecule has 1 aromatic heterocycles. The van der Waals surface area contributed by atoms with Crippen molar-refractivity contribution >= 4 is 18.0 Å². The van der Waals surface area contributed by atoms with Crippen molar-refractivity contribution in [1.29, 1.82) is 0 Å². The molecule has 1 aromatic rings. The number of rotatable bonds is 4. The molecule has 0 spiro atoms. The van der Waals surface area contributed by atoms with E-state index in [2.05, 4.69) is 10.3 Å². The van der Waals surface area contributed by atoms with E-state index in [0.717, 1.165) is 6.08 Å². The highest BCUT2D eigenvalue weighted by Gasteiger charge is 2.13. The predicted molar refractivity (Wildman–Crippen MR) is 72.7 cm³/mol. The summed E-state index contributed by atoms with van der Waals surface area (Å²) in [6, 6.07) is 1.60. The van der Waals surface area contributed by atoms with Crippen LogP contribution in [-0.2, 0) is 4.79 Å². The van der Waals surface area contributed by atoms with Crippen molar-refractivity contribution in [1.82, 2.24) is 10.3 Å². The lowest BCUT2D eigenvalue weighted by Crippen LogP contribution is -2.32. The molecule has 0 saturated heterocycles. The summed E-state index contributed by atoms with van der Waals surface area (Å²) >= 11 is 0. The van der Waals surface area contributed by atoms with Gasteiger partial charge in [0.1, 0.15) is 0 Å². The highest BCUT2D eigenvalue weighted by molar-refractivity contribution is 5.94. The van der Waals surface area contributed by atoms with Crippen molar-refractivity contribution in [3.63, 3.8) is 0 Å². The van der Waals surface area contributed by atoms with Gasteiger partial charge in [-0.3, -0.25) is 9.78 Å². The van der Waals surface area contributed by atoms with Crippen LogP contribution < -0.4 is 5.32 Å². The molecule has 0 radical (unpaired) electrons. The molecule has 0 bridgehead atoms. The summed E-state index contributed by atoms with van der Waals surface area (Å²) in [5.74, 6) is -1.25. The van der Waals surface area contributed by atoms with E-state index in [1.165, 1.54) is 18.5 Å². The third-order valence-corrected chi connectivity index (χ3v) is 2.22. The lowest BCUT2D eigenvalue weighted by atomic mass is 9.97. The normalized spacial score (nSPS) is 11.5. The van der Waals surface area contributed by atoms with Gasteiger partial charge in [-0.1, -0.05) is 20.8 Å². The summed E-state index contributed by atoms with van der Waals surface area (Å²) in [7, 11) is 0. The quantitative estimate of drug-likeness (QED) is 0.813. The second kappa shape index (κ2) is 6.13. The van der Waals surface area contributed by atoms with Crippen LogP contribution in [0.4, 0.5) is 0 Å². The first-order chi connectivity index (χ1) is 8.78. The molecule has 19 heavy (non-hydrogen) atoms. The second-order valence-electron chi connectivity index (χ2n) is 5.42. The Balaban J connectivity index is 2.76. The summed E-state index contributed by atoms with van der Waals surface area (Å²) < 4.78 is 0. The van der Waals surface area contributed by atoms with Gasteiger partial charge in [0.25, 0.3) is 5.91 Å². The summed E-state index contributed by atoms with van der Waals surface area (Å²) in [6.45, 7) is 6.63. The highest BCUT2D eigenvalue weighted by Crippen LogP contribution is 2.11. The van der Waals surface area contributed by atoms with E-state index < -0.39 is 5.97 Å². The molecule has 2 N–H and O–H groups in total. The van der Waals surface area contributed by atoms with Crippen molar-refractivity contribution in [3.8, 4) is 0 Å². The summed E-state index contributed by atoms with van der Waals surface area (Å²) in [5.41, 5.74) is 0.992. The lowest BCUT2D eigenvalue weighted by molar-refractivity contribution is -0.131. The van der Waals surface area contributed by atoms with Crippen LogP contribution >= 0.6 is 0 Å². The third-order valence-electron chi connectivity index (χ3n) is 2.22. The first-order valence-corrected chi connectivity index (χ1v) is 5.92. The van der Waals surface area contributed by atoms with Gasteiger partial charge in [-0.15, -0.1) is 0 Å². The van der Waals surface area contributed by atoms with Crippen LogP contribution in [0.1, 0.15) is 36.7 Å². The maximum atomic E-state index is 11.9. The number of nitrogens with zero attached hydrogens (tertiary/aromatic N) is 1. The number of nitrogens with one attached hydrogen (secondary N) is 1. The predicted octanol–water partition coefficient (Wildman–Crippen LogP) is 1.96. The lowest BCUT2D eigenvalue weighted by Gasteiger charge is -2.18. The van der Waals surface area contributed by atoms with Gasteiger partial charge in [0.2, 0.25) is 0 Å². The van der Waals surface area contributed by atoms with Gasteiger partial charge in [-0.25, -0.2) is 4.79 Å². The minimum atomic E-state index is -1.04. The van der Waals surface area contributed by atoms with Crippen LogP contribution in [0.5, 0.6) is 0 Å². The number of hydrogen-bond donors (Lipinski definition) is 2. The number of aromatic nitrogens is 1. The number of carboxylic acids is 1. The first kappa shape index (κ1) is 14.9. The van der Waals surface area contributed by atoms with E-state index in [9.17, 15) is 9.59 Å². The van der Waals surface area contributed by atoms with Crippen molar-refractivity contribution in [2.75, 3.05) is 6.54 Å². The Morgan fingerprint density at radius 3 is 2.63 bits per heavy atom. The second-order valence-corrected chi connectivity index (χ2v) is 5.42. The van der Waals surface area contributed by atoms with Crippen LogP contribution in [0, 0.1) is 5.41 Å². The number of carbonyl (C=O) groups is 2. The Labute approximate surface area is 112 Å². The van der Waals surface area contributed by atoms with Crippen molar-refractivity contribution < 1.29 is 14.7 Å². The standard InChI is InChI=1S/C14H18N2O3/c1-14(2,3)9-16-13(19)11-6-10(7-15-8-11)4-5-12(17)18/h4-8H,9H2,1-3H3,(H,16,19)(H,17,18)/b5-4+. The minimum Gasteiger partial charge on any atom is -0.478 e. The molecule has 5 heteroatoms. The van der Waals surface area contributed by atoms with E-state index in [1.807, 2.05) is 20.8 Å². The fraction of sp³-hybridized carbons (Fsp3) is 0.357. The number of carboxylic acid groups (broad SMARTS) is 1. The first-order valence-electron chi connectivity index (χ1n) is 5.92. The zero-order valence-electron chi connectivity index (χ0n) is 11.3. The Hall–Kier alpha value is -2.17. The van der Waals surface area contributed by atoms with E-state index >= 15 is 0 Å². The summed E-state index contributed by atoms with van der Waals surface area (Å²) in [4.78, 5) is 26.2. The van der Waals surface area contributed by atoms with Gasteiger partial charge in [0.15, 0.2) is 0 Å². The van der Waals surface area contributed by atoms with Gasteiger partial charge in [0.05, 0.1) is 5.56 Å². The molecule has 1 heterocycles. The van der Waals surface area contributed by atoms with E-state index in [0.29, 0.717) is 17.7 Å². The molecule has 0 aliphatic heterocycles. The van der Waals surface area contributed by atoms with Gasteiger partial charge < -0.3 is 10.4 Å². The highest BCUT2D eigenvalue weighted by atomic mass is 16.4. The van der Waals surface area contributed by atoms with Gasteiger partial charge in [-0.05, 0) is 23.1 Å². The van der Waals surface area contributed by atoms with Crippen LogP contribution in [0.25, 0.3) is 6.08 Å². The number of aliphatic carboxylic acids is 1. The van der Waals surface area contributed by atoms with E-state index in [-0.39, 0.29) is 11.3 Å². The zero-order chi connectivity index (χ0) is 14.5. The fourth-order valence-electron chi connectivity index (χ4n) is 1.29. The zero-order valence-corrected chi connectivity index (χ0v) is 11.3. The molecule has 0 fully saturated rings. The maximum absolute atomic E-state index is 11.9. The number of amides is 1. The number of carbonyl (C=O) groups excluding carboxylic acids is 1. The number of hydrogen-bond acceptors (Lipinski definition) is 3. The van der Waals surface area contributed by atoms with Crippen LogP contribution in [0.15, 0.2) is 24.5 Å². The number of pyridine rings is 1. The van der Waals surface area contributed by atoms with Crippen molar-refractivity contribution in [2.45, 2.75) is 20.8 Å². The molecule has 0 aliphatic rings. The molecular weight excluding hydrogens is 244 g/mol. The molecule has 5 nitrogen and oxygen atoms in total. The monoisotopic (exact) mass is 262 g/mol. The largest absolute Gasteiger partial charge is 0.478 e. The average molecular weight is 262 g/mol. The summed E-state index contributed by atoms with van der Waals surface area (Å²) in [5, 5.41) is 11.4. The third kappa shape index (κ3) is 5.81. The maximum Gasteiger partial charge on any atom is 0.328 e.